The molecule has 1 aliphatic carbocycles. The van der Waals surface area contributed by atoms with Gasteiger partial charge in [0.1, 0.15) is 5.75 Å². The maximum Gasteiger partial charge on any atom is 0.255 e. The molecule has 1 amide bonds. The number of hydrogen-bond donors (Lipinski definition) is 2. The smallest absolute Gasteiger partial charge is 0.255 e. The summed E-state index contributed by atoms with van der Waals surface area (Å²) in [4.78, 5) is 12.4. The van der Waals surface area contributed by atoms with E-state index in [9.17, 15) is 4.79 Å². The van der Waals surface area contributed by atoms with Gasteiger partial charge < -0.3 is 15.8 Å². The first-order valence-electron chi connectivity index (χ1n) is 6.98. The SMILES string of the molecule is COc1cc(N)ccc1C(=O)NC1Cc2ccccc2C1. The van der Waals surface area contributed by atoms with E-state index in [0.29, 0.717) is 17.0 Å². The lowest BCUT2D eigenvalue weighted by molar-refractivity contribution is 0.0935. The second-order valence-electron chi connectivity index (χ2n) is 5.31. The second-order valence-corrected chi connectivity index (χ2v) is 5.31. The Balaban J connectivity index is 1.74. The topological polar surface area (TPSA) is 64.3 Å². The second kappa shape index (κ2) is 5.48. The number of ether oxygens (including phenoxy) is 1. The van der Waals surface area contributed by atoms with E-state index in [1.165, 1.54) is 18.2 Å². The van der Waals surface area contributed by atoms with Crippen molar-refractivity contribution in [3.05, 3.63) is 59.2 Å². The highest BCUT2D eigenvalue weighted by molar-refractivity contribution is 5.97. The third-order valence-electron chi connectivity index (χ3n) is 3.86. The zero-order valence-electron chi connectivity index (χ0n) is 11.9. The third kappa shape index (κ3) is 2.70. The Bertz CT molecular complexity index is 657. The summed E-state index contributed by atoms with van der Waals surface area (Å²) in [5, 5.41) is 3.08. The number of amides is 1. The lowest BCUT2D eigenvalue weighted by atomic mass is 10.1. The number of methoxy groups -OCH3 is 1. The predicted molar refractivity (Wildman–Crippen MR) is 82.5 cm³/mol. The molecule has 2 aromatic rings. The molecule has 0 spiro atoms. The summed E-state index contributed by atoms with van der Waals surface area (Å²) in [7, 11) is 1.54. The van der Waals surface area contributed by atoms with Crippen LogP contribution in [0.4, 0.5) is 5.69 Å². The van der Waals surface area contributed by atoms with Crippen LogP contribution in [-0.4, -0.2) is 19.1 Å². The van der Waals surface area contributed by atoms with Crippen molar-refractivity contribution in [2.45, 2.75) is 18.9 Å². The van der Waals surface area contributed by atoms with E-state index in [-0.39, 0.29) is 11.9 Å². The van der Waals surface area contributed by atoms with Gasteiger partial charge in [-0.3, -0.25) is 4.79 Å². The first kappa shape index (κ1) is 13.5. The number of benzene rings is 2. The minimum Gasteiger partial charge on any atom is -0.496 e. The molecule has 4 heteroatoms. The van der Waals surface area contributed by atoms with E-state index in [0.717, 1.165) is 12.8 Å². The van der Waals surface area contributed by atoms with Gasteiger partial charge in [-0.25, -0.2) is 0 Å². The fourth-order valence-corrected chi connectivity index (χ4v) is 2.82. The van der Waals surface area contributed by atoms with Crippen molar-refractivity contribution in [1.29, 1.82) is 0 Å². The van der Waals surface area contributed by atoms with Crippen LogP contribution < -0.4 is 15.8 Å². The Morgan fingerprint density at radius 1 is 1.19 bits per heavy atom. The lowest BCUT2D eigenvalue weighted by Crippen LogP contribution is -2.35. The van der Waals surface area contributed by atoms with Crippen LogP contribution in [0.5, 0.6) is 5.75 Å². The van der Waals surface area contributed by atoms with E-state index in [1.54, 1.807) is 18.2 Å². The summed E-state index contributed by atoms with van der Waals surface area (Å²) in [5.74, 6) is 0.382. The number of carbonyl (C=O) groups is 1. The molecule has 0 fully saturated rings. The zero-order valence-corrected chi connectivity index (χ0v) is 11.9. The Morgan fingerprint density at radius 2 is 1.86 bits per heavy atom. The first-order valence-corrected chi connectivity index (χ1v) is 6.98. The van der Waals surface area contributed by atoms with Crippen LogP contribution in [0, 0.1) is 0 Å². The van der Waals surface area contributed by atoms with Crippen LogP contribution in [0.1, 0.15) is 21.5 Å². The summed E-state index contributed by atoms with van der Waals surface area (Å²) in [6, 6.07) is 13.5. The van der Waals surface area contributed by atoms with Crippen LogP contribution in [0.2, 0.25) is 0 Å². The molecule has 21 heavy (non-hydrogen) atoms. The van der Waals surface area contributed by atoms with Crippen molar-refractivity contribution >= 4 is 11.6 Å². The number of carbonyl (C=O) groups excluding carboxylic acids is 1. The lowest BCUT2D eigenvalue weighted by Gasteiger charge is -2.14. The Morgan fingerprint density at radius 3 is 2.48 bits per heavy atom. The van der Waals surface area contributed by atoms with Crippen molar-refractivity contribution in [2.24, 2.45) is 0 Å². The van der Waals surface area contributed by atoms with Crippen molar-refractivity contribution in [1.82, 2.24) is 5.32 Å². The molecule has 4 nitrogen and oxygen atoms in total. The average Bonchev–Trinajstić information content (AvgIpc) is 2.88. The summed E-state index contributed by atoms with van der Waals surface area (Å²) in [6.45, 7) is 0. The fraction of sp³-hybridized carbons (Fsp3) is 0.235. The number of rotatable bonds is 3. The van der Waals surface area contributed by atoms with Crippen molar-refractivity contribution in [2.75, 3.05) is 12.8 Å². The van der Waals surface area contributed by atoms with Gasteiger partial charge in [0.15, 0.2) is 0 Å². The van der Waals surface area contributed by atoms with Gasteiger partial charge in [-0.2, -0.15) is 0 Å². The first-order chi connectivity index (χ1) is 10.2. The van der Waals surface area contributed by atoms with Gasteiger partial charge in [-0.05, 0) is 36.1 Å². The van der Waals surface area contributed by atoms with Crippen molar-refractivity contribution in [3.8, 4) is 5.75 Å². The normalized spacial score (nSPS) is 13.8. The molecule has 1 aliphatic rings. The highest BCUT2D eigenvalue weighted by atomic mass is 16.5. The monoisotopic (exact) mass is 282 g/mol. The largest absolute Gasteiger partial charge is 0.496 e. The van der Waals surface area contributed by atoms with Crippen LogP contribution in [0.25, 0.3) is 0 Å². The van der Waals surface area contributed by atoms with Gasteiger partial charge in [0.2, 0.25) is 0 Å². The molecule has 108 valence electrons. The van der Waals surface area contributed by atoms with Crippen LogP contribution in [0.3, 0.4) is 0 Å². The quantitative estimate of drug-likeness (QED) is 0.848. The molecule has 0 bridgehead atoms. The maximum atomic E-state index is 12.4. The van der Waals surface area contributed by atoms with Crippen molar-refractivity contribution in [3.63, 3.8) is 0 Å². The highest BCUT2D eigenvalue weighted by Crippen LogP contribution is 2.24. The predicted octanol–water partition coefficient (Wildman–Crippen LogP) is 2.17. The molecule has 3 N–H and O–H groups in total. The molecular weight excluding hydrogens is 264 g/mol. The molecule has 0 saturated carbocycles. The van der Waals surface area contributed by atoms with Gasteiger partial charge in [-0.1, -0.05) is 24.3 Å². The van der Waals surface area contributed by atoms with Gasteiger partial charge in [0, 0.05) is 17.8 Å². The van der Waals surface area contributed by atoms with Crippen LogP contribution >= 0.6 is 0 Å². The molecule has 3 rings (SSSR count). The highest BCUT2D eigenvalue weighted by Gasteiger charge is 2.23. The molecule has 0 saturated heterocycles. The number of fused-ring (bicyclic) bond motifs is 1. The van der Waals surface area contributed by atoms with E-state index < -0.39 is 0 Å². The number of hydrogen-bond acceptors (Lipinski definition) is 3. The van der Waals surface area contributed by atoms with E-state index in [2.05, 4.69) is 17.4 Å². The van der Waals surface area contributed by atoms with E-state index in [1.807, 2.05) is 12.1 Å². The van der Waals surface area contributed by atoms with Crippen LogP contribution in [-0.2, 0) is 12.8 Å². The molecular formula is C17H18N2O2. The van der Waals surface area contributed by atoms with Gasteiger partial charge >= 0.3 is 0 Å². The third-order valence-corrected chi connectivity index (χ3v) is 3.86. The molecule has 0 aromatic heterocycles. The summed E-state index contributed by atoms with van der Waals surface area (Å²) in [5.41, 5.74) is 9.43. The Hall–Kier alpha value is -2.49. The molecule has 0 aliphatic heterocycles. The molecule has 0 radical (unpaired) electrons. The number of nitrogens with two attached hydrogens (primary N) is 1. The average molecular weight is 282 g/mol. The van der Waals surface area contributed by atoms with Crippen molar-refractivity contribution < 1.29 is 9.53 Å². The van der Waals surface area contributed by atoms with E-state index in [4.69, 9.17) is 10.5 Å². The minimum absolute atomic E-state index is 0.121. The number of anilines is 1. The van der Waals surface area contributed by atoms with Gasteiger partial charge in [0.25, 0.3) is 5.91 Å². The summed E-state index contributed by atoms with van der Waals surface area (Å²) >= 11 is 0. The maximum absolute atomic E-state index is 12.4. The Kier molecular flexibility index (Phi) is 3.52. The molecule has 2 aromatic carbocycles. The summed E-state index contributed by atoms with van der Waals surface area (Å²) in [6.07, 6.45) is 1.75. The van der Waals surface area contributed by atoms with Gasteiger partial charge in [-0.15, -0.1) is 0 Å². The number of nitrogen functional groups attached to an aromatic ring is 1. The molecule has 0 unspecified atom stereocenters. The van der Waals surface area contributed by atoms with Gasteiger partial charge in [0.05, 0.1) is 12.7 Å². The minimum atomic E-state index is -0.121. The molecule has 0 atom stereocenters. The molecule has 0 heterocycles. The number of nitrogens with one attached hydrogen (secondary N) is 1. The standard InChI is InChI=1S/C17H18N2O2/c1-21-16-10-13(18)6-7-15(16)17(20)19-14-8-11-4-2-3-5-12(11)9-14/h2-7,10,14H,8-9,18H2,1H3,(H,19,20). The Labute approximate surface area is 123 Å². The fourth-order valence-electron chi connectivity index (χ4n) is 2.82. The van der Waals surface area contributed by atoms with Crippen LogP contribution in [0.15, 0.2) is 42.5 Å². The summed E-state index contributed by atoms with van der Waals surface area (Å²) < 4.78 is 5.23. The zero-order chi connectivity index (χ0) is 14.8. The van der Waals surface area contributed by atoms with E-state index >= 15 is 0 Å².